The number of aryl methyl sites for hydroxylation is 1. The van der Waals surface area contributed by atoms with Crippen molar-refractivity contribution in [1.82, 2.24) is 4.98 Å². The lowest BCUT2D eigenvalue weighted by Gasteiger charge is -2.14. The molecular weight excluding hydrogens is 344 g/mol. The SMILES string of the molecule is Cc1ccc(O)c(-c2cc(-c3cccs3)cc(NCC3CCCO3)n2)c1. The molecule has 0 aliphatic carbocycles. The Labute approximate surface area is 157 Å². The number of phenols is 1. The number of pyridine rings is 1. The van der Waals surface area contributed by atoms with Gasteiger partial charge in [-0.1, -0.05) is 17.7 Å². The fraction of sp³-hybridized carbons (Fsp3) is 0.286. The summed E-state index contributed by atoms with van der Waals surface area (Å²) in [5.41, 5.74) is 3.71. The van der Waals surface area contributed by atoms with Crippen molar-refractivity contribution in [2.75, 3.05) is 18.5 Å². The lowest BCUT2D eigenvalue weighted by molar-refractivity contribution is 0.120. The van der Waals surface area contributed by atoms with Crippen LogP contribution in [0.2, 0.25) is 0 Å². The van der Waals surface area contributed by atoms with E-state index in [-0.39, 0.29) is 11.9 Å². The number of phenolic OH excluding ortho intramolecular Hbond substituents is 1. The minimum atomic E-state index is 0.247. The lowest BCUT2D eigenvalue weighted by atomic mass is 10.0. The molecule has 0 bridgehead atoms. The highest BCUT2D eigenvalue weighted by Gasteiger charge is 2.16. The predicted octanol–water partition coefficient (Wildman–Crippen LogP) is 5.08. The maximum absolute atomic E-state index is 10.3. The van der Waals surface area contributed by atoms with Gasteiger partial charge in [-0.15, -0.1) is 11.3 Å². The summed E-state index contributed by atoms with van der Waals surface area (Å²) < 4.78 is 5.70. The molecule has 1 aliphatic rings. The van der Waals surface area contributed by atoms with E-state index in [4.69, 9.17) is 9.72 Å². The number of benzene rings is 1. The number of ether oxygens (including phenoxy) is 1. The highest BCUT2D eigenvalue weighted by molar-refractivity contribution is 7.13. The monoisotopic (exact) mass is 366 g/mol. The van der Waals surface area contributed by atoms with Crippen molar-refractivity contribution in [2.45, 2.75) is 25.9 Å². The standard InChI is InChI=1S/C21H22N2O2S/c1-14-6-7-19(24)17(10-14)18-11-15(20-5-3-9-26-20)12-21(23-18)22-13-16-4-2-8-25-16/h3,5-7,9-12,16,24H,2,4,8,13H2,1H3,(H,22,23). The van der Waals surface area contributed by atoms with Crippen molar-refractivity contribution in [1.29, 1.82) is 0 Å². The molecule has 0 saturated carbocycles. The van der Waals surface area contributed by atoms with E-state index >= 15 is 0 Å². The molecule has 2 N–H and O–H groups in total. The Morgan fingerprint density at radius 2 is 2.19 bits per heavy atom. The number of nitrogens with one attached hydrogen (secondary N) is 1. The van der Waals surface area contributed by atoms with Crippen LogP contribution >= 0.6 is 11.3 Å². The van der Waals surface area contributed by atoms with Gasteiger partial charge < -0.3 is 15.2 Å². The molecule has 0 amide bonds. The van der Waals surface area contributed by atoms with Gasteiger partial charge in [-0.05, 0) is 61.0 Å². The Morgan fingerprint density at radius 3 is 2.96 bits per heavy atom. The fourth-order valence-electron chi connectivity index (χ4n) is 3.22. The van der Waals surface area contributed by atoms with E-state index in [0.29, 0.717) is 0 Å². The molecule has 1 atom stereocenters. The van der Waals surface area contributed by atoms with E-state index in [1.165, 1.54) is 4.88 Å². The summed E-state index contributed by atoms with van der Waals surface area (Å²) in [6.07, 6.45) is 2.46. The van der Waals surface area contributed by atoms with Gasteiger partial charge in [0, 0.05) is 23.6 Å². The average molecular weight is 366 g/mol. The number of anilines is 1. The van der Waals surface area contributed by atoms with Gasteiger partial charge >= 0.3 is 0 Å². The van der Waals surface area contributed by atoms with Crippen LogP contribution in [0.25, 0.3) is 21.7 Å². The second kappa shape index (κ2) is 7.48. The summed E-state index contributed by atoms with van der Waals surface area (Å²) in [6, 6.07) is 13.9. The molecule has 3 heterocycles. The van der Waals surface area contributed by atoms with Crippen molar-refractivity contribution >= 4 is 17.2 Å². The Kier molecular flexibility index (Phi) is 4.91. The Morgan fingerprint density at radius 1 is 1.27 bits per heavy atom. The summed E-state index contributed by atoms with van der Waals surface area (Å²) in [5, 5.41) is 15.8. The molecule has 1 fully saturated rings. The zero-order valence-corrected chi connectivity index (χ0v) is 15.6. The molecule has 134 valence electrons. The number of rotatable bonds is 5. The quantitative estimate of drug-likeness (QED) is 0.661. The third kappa shape index (κ3) is 3.74. The number of nitrogens with zero attached hydrogens (tertiary/aromatic N) is 1. The van der Waals surface area contributed by atoms with E-state index in [1.807, 2.05) is 31.2 Å². The molecule has 1 unspecified atom stereocenters. The zero-order valence-electron chi connectivity index (χ0n) is 14.7. The summed E-state index contributed by atoms with van der Waals surface area (Å²) in [4.78, 5) is 5.94. The van der Waals surface area contributed by atoms with Crippen molar-refractivity contribution in [2.24, 2.45) is 0 Å². The molecule has 5 heteroatoms. The minimum Gasteiger partial charge on any atom is -0.507 e. The van der Waals surface area contributed by atoms with Crippen molar-refractivity contribution in [3.63, 3.8) is 0 Å². The van der Waals surface area contributed by atoms with E-state index in [1.54, 1.807) is 17.4 Å². The first-order chi connectivity index (χ1) is 12.7. The van der Waals surface area contributed by atoms with Crippen LogP contribution in [0.4, 0.5) is 5.82 Å². The van der Waals surface area contributed by atoms with Gasteiger partial charge in [0.05, 0.1) is 11.8 Å². The number of hydrogen-bond donors (Lipinski definition) is 2. The molecular formula is C21H22N2O2S. The summed E-state index contributed by atoms with van der Waals surface area (Å²) in [6.45, 7) is 3.61. The molecule has 1 saturated heterocycles. The van der Waals surface area contributed by atoms with Gasteiger partial charge in [-0.25, -0.2) is 4.98 Å². The van der Waals surface area contributed by atoms with Crippen LogP contribution < -0.4 is 5.32 Å². The third-order valence-corrected chi connectivity index (χ3v) is 5.51. The fourth-order valence-corrected chi connectivity index (χ4v) is 3.94. The second-order valence-electron chi connectivity index (χ2n) is 6.64. The van der Waals surface area contributed by atoms with E-state index in [0.717, 1.165) is 54.2 Å². The van der Waals surface area contributed by atoms with Crippen LogP contribution in [-0.2, 0) is 4.74 Å². The van der Waals surface area contributed by atoms with Gasteiger partial charge in [-0.2, -0.15) is 0 Å². The highest BCUT2D eigenvalue weighted by atomic mass is 32.1. The number of thiophene rings is 1. The number of aromatic nitrogens is 1. The van der Waals surface area contributed by atoms with Gasteiger partial charge in [0.2, 0.25) is 0 Å². The van der Waals surface area contributed by atoms with Crippen LogP contribution in [0.15, 0.2) is 47.8 Å². The lowest BCUT2D eigenvalue weighted by Crippen LogP contribution is -2.19. The second-order valence-corrected chi connectivity index (χ2v) is 7.59. The van der Waals surface area contributed by atoms with Crippen LogP contribution in [0.3, 0.4) is 0 Å². The van der Waals surface area contributed by atoms with Crippen molar-refractivity contribution in [3.05, 3.63) is 53.4 Å². The van der Waals surface area contributed by atoms with Crippen molar-refractivity contribution < 1.29 is 9.84 Å². The Bertz CT molecular complexity index is 887. The van der Waals surface area contributed by atoms with Crippen LogP contribution in [0, 0.1) is 6.92 Å². The molecule has 1 aliphatic heterocycles. The molecule has 26 heavy (non-hydrogen) atoms. The zero-order chi connectivity index (χ0) is 17.9. The highest BCUT2D eigenvalue weighted by Crippen LogP contribution is 2.34. The third-order valence-electron chi connectivity index (χ3n) is 4.59. The Balaban J connectivity index is 1.71. The van der Waals surface area contributed by atoms with E-state index in [9.17, 15) is 5.11 Å². The van der Waals surface area contributed by atoms with Crippen molar-refractivity contribution in [3.8, 4) is 27.4 Å². The van der Waals surface area contributed by atoms with Gasteiger partial charge in [-0.3, -0.25) is 0 Å². The predicted molar refractivity (Wildman–Crippen MR) is 107 cm³/mol. The first-order valence-electron chi connectivity index (χ1n) is 8.90. The normalized spacial score (nSPS) is 16.7. The largest absolute Gasteiger partial charge is 0.507 e. The smallest absolute Gasteiger partial charge is 0.127 e. The first-order valence-corrected chi connectivity index (χ1v) is 9.78. The molecule has 4 rings (SSSR count). The van der Waals surface area contributed by atoms with Gasteiger partial charge in [0.1, 0.15) is 11.6 Å². The van der Waals surface area contributed by atoms with Crippen LogP contribution in [-0.4, -0.2) is 29.3 Å². The maximum atomic E-state index is 10.3. The summed E-state index contributed by atoms with van der Waals surface area (Å²) in [7, 11) is 0. The van der Waals surface area contributed by atoms with E-state index in [2.05, 4.69) is 22.8 Å². The molecule has 3 aromatic rings. The van der Waals surface area contributed by atoms with Crippen LogP contribution in [0.1, 0.15) is 18.4 Å². The molecule has 1 aromatic carbocycles. The average Bonchev–Trinajstić information content (AvgIpc) is 3.35. The summed E-state index contributed by atoms with van der Waals surface area (Å²) >= 11 is 1.70. The first kappa shape index (κ1) is 17.1. The maximum Gasteiger partial charge on any atom is 0.127 e. The van der Waals surface area contributed by atoms with E-state index < -0.39 is 0 Å². The summed E-state index contributed by atoms with van der Waals surface area (Å²) in [5.74, 6) is 1.05. The minimum absolute atomic E-state index is 0.247. The topological polar surface area (TPSA) is 54.4 Å². The Hall–Kier alpha value is -2.37. The molecule has 0 radical (unpaired) electrons. The number of hydrogen-bond acceptors (Lipinski definition) is 5. The van der Waals surface area contributed by atoms with Gasteiger partial charge in [0.25, 0.3) is 0 Å². The van der Waals surface area contributed by atoms with Gasteiger partial charge in [0.15, 0.2) is 0 Å². The number of aromatic hydroxyl groups is 1. The van der Waals surface area contributed by atoms with Crippen LogP contribution in [0.5, 0.6) is 5.75 Å². The molecule has 2 aromatic heterocycles. The molecule has 0 spiro atoms. The molecule has 4 nitrogen and oxygen atoms in total.